The van der Waals surface area contributed by atoms with E-state index in [1.54, 1.807) is 6.08 Å². The standard InChI is InChI=1S/C14H21BrN4O2/c15-11-5-12(17-20)14(16)13(6-11)19-8-10(9-19)7-18-1-3-21-4-2-18/h5-6,10,14,20H,1-4,7-9,16H2/b17-12-. The van der Waals surface area contributed by atoms with Crippen molar-refractivity contribution in [3.05, 3.63) is 22.3 Å². The van der Waals surface area contributed by atoms with Crippen molar-refractivity contribution in [3.8, 4) is 0 Å². The minimum Gasteiger partial charge on any atom is -0.411 e. The van der Waals surface area contributed by atoms with Crippen LogP contribution in [-0.2, 0) is 4.74 Å². The second kappa shape index (κ2) is 6.48. The molecular formula is C14H21BrN4O2. The molecule has 1 atom stereocenters. The highest BCUT2D eigenvalue weighted by molar-refractivity contribution is 9.11. The highest BCUT2D eigenvalue weighted by Crippen LogP contribution is 2.28. The van der Waals surface area contributed by atoms with E-state index >= 15 is 0 Å². The second-order valence-corrected chi connectivity index (χ2v) is 6.70. The number of oxime groups is 1. The molecule has 1 aliphatic carbocycles. The molecule has 0 saturated carbocycles. The van der Waals surface area contributed by atoms with Crippen molar-refractivity contribution in [2.24, 2.45) is 16.8 Å². The fraction of sp³-hybridized carbons (Fsp3) is 0.643. The summed E-state index contributed by atoms with van der Waals surface area (Å²) in [5, 5.41) is 12.3. The first-order chi connectivity index (χ1) is 10.2. The van der Waals surface area contributed by atoms with Gasteiger partial charge in [-0.1, -0.05) is 21.1 Å². The van der Waals surface area contributed by atoms with Crippen LogP contribution in [0.1, 0.15) is 0 Å². The van der Waals surface area contributed by atoms with Crippen LogP contribution < -0.4 is 5.73 Å². The third-order valence-electron chi connectivity index (χ3n) is 4.27. The first kappa shape index (κ1) is 15.0. The van der Waals surface area contributed by atoms with Crippen molar-refractivity contribution >= 4 is 21.6 Å². The molecule has 0 aromatic rings. The zero-order valence-corrected chi connectivity index (χ0v) is 13.5. The number of hydrogen-bond acceptors (Lipinski definition) is 6. The first-order valence-electron chi connectivity index (χ1n) is 7.28. The van der Waals surface area contributed by atoms with Crippen molar-refractivity contribution in [2.75, 3.05) is 45.9 Å². The molecule has 3 rings (SSSR count). The minimum atomic E-state index is -0.347. The Morgan fingerprint density at radius 2 is 2.05 bits per heavy atom. The van der Waals surface area contributed by atoms with Gasteiger partial charge in [0.15, 0.2) is 0 Å². The maximum atomic E-state index is 9.02. The van der Waals surface area contributed by atoms with Crippen LogP contribution in [0.15, 0.2) is 27.5 Å². The summed E-state index contributed by atoms with van der Waals surface area (Å²) in [6.45, 7) is 6.91. The molecule has 0 radical (unpaired) electrons. The van der Waals surface area contributed by atoms with Gasteiger partial charge >= 0.3 is 0 Å². The van der Waals surface area contributed by atoms with Gasteiger partial charge in [0.05, 0.1) is 19.3 Å². The van der Waals surface area contributed by atoms with E-state index in [1.165, 1.54) is 0 Å². The topological polar surface area (TPSA) is 74.3 Å². The van der Waals surface area contributed by atoms with E-state index in [0.29, 0.717) is 11.6 Å². The maximum Gasteiger partial charge on any atom is 0.103 e. The quantitative estimate of drug-likeness (QED) is 0.571. The Balaban J connectivity index is 1.54. The zero-order chi connectivity index (χ0) is 14.8. The van der Waals surface area contributed by atoms with Gasteiger partial charge in [0.25, 0.3) is 0 Å². The van der Waals surface area contributed by atoms with Gasteiger partial charge in [-0.2, -0.15) is 0 Å². The molecule has 0 spiro atoms. The molecule has 7 heteroatoms. The van der Waals surface area contributed by atoms with Crippen LogP contribution in [0.5, 0.6) is 0 Å². The van der Waals surface area contributed by atoms with Crippen LogP contribution in [0, 0.1) is 5.92 Å². The van der Waals surface area contributed by atoms with Crippen LogP contribution in [0.3, 0.4) is 0 Å². The average Bonchev–Trinajstić information content (AvgIpc) is 2.46. The number of likely N-dealkylation sites (tertiary alicyclic amines) is 1. The van der Waals surface area contributed by atoms with Gasteiger partial charge in [-0.05, 0) is 12.2 Å². The van der Waals surface area contributed by atoms with Gasteiger partial charge in [-0.25, -0.2) is 0 Å². The van der Waals surface area contributed by atoms with E-state index in [0.717, 1.165) is 56.1 Å². The van der Waals surface area contributed by atoms with E-state index in [2.05, 4.69) is 30.9 Å². The van der Waals surface area contributed by atoms with Gasteiger partial charge in [0.2, 0.25) is 0 Å². The molecular weight excluding hydrogens is 336 g/mol. The number of rotatable bonds is 3. The first-order valence-corrected chi connectivity index (χ1v) is 8.08. The average molecular weight is 357 g/mol. The molecule has 0 aromatic heterocycles. The second-order valence-electron chi connectivity index (χ2n) is 5.78. The lowest BCUT2D eigenvalue weighted by Gasteiger charge is -2.46. The van der Waals surface area contributed by atoms with Gasteiger partial charge < -0.3 is 20.6 Å². The Hall–Kier alpha value is -0.890. The summed E-state index contributed by atoms with van der Waals surface area (Å²) in [5.41, 5.74) is 7.66. The van der Waals surface area contributed by atoms with Crippen molar-refractivity contribution in [1.82, 2.24) is 9.80 Å². The number of nitrogens with two attached hydrogens (primary N) is 1. The fourth-order valence-electron chi connectivity index (χ4n) is 3.08. The molecule has 21 heavy (non-hydrogen) atoms. The molecule has 3 N–H and O–H groups in total. The summed E-state index contributed by atoms with van der Waals surface area (Å²) in [7, 11) is 0. The summed E-state index contributed by atoms with van der Waals surface area (Å²) in [5.74, 6) is 0.676. The van der Waals surface area contributed by atoms with E-state index < -0.39 is 0 Å². The molecule has 116 valence electrons. The Kier molecular flexibility index (Phi) is 4.63. The summed E-state index contributed by atoms with van der Waals surface area (Å²) in [4.78, 5) is 4.74. The molecule has 2 saturated heterocycles. The number of ether oxygens (including phenoxy) is 1. The van der Waals surface area contributed by atoms with Crippen LogP contribution in [-0.4, -0.2) is 72.7 Å². The van der Waals surface area contributed by atoms with E-state index in [1.807, 2.05) is 6.08 Å². The summed E-state index contributed by atoms with van der Waals surface area (Å²) in [6.07, 6.45) is 3.77. The number of allylic oxidation sites excluding steroid dienone is 2. The SMILES string of the molecule is NC1C(N2CC(CN3CCOCC3)C2)=CC(Br)=C/C1=N/O. The fourth-order valence-corrected chi connectivity index (χ4v) is 3.55. The monoisotopic (exact) mass is 356 g/mol. The number of hydrogen-bond donors (Lipinski definition) is 2. The van der Waals surface area contributed by atoms with E-state index in [4.69, 9.17) is 15.7 Å². The van der Waals surface area contributed by atoms with Crippen LogP contribution in [0.25, 0.3) is 0 Å². The lowest BCUT2D eigenvalue weighted by Crippen LogP contribution is -2.55. The van der Waals surface area contributed by atoms with Gasteiger partial charge in [-0.15, -0.1) is 0 Å². The molecule has 2 fully saturated rings. The zero-order valence-electron chi connectivity index (χ0n) is 11.9. The van der Waals surface area contributed by atoms with E-state index in [-0.39, 0.29) is 6.04 Å². The molecule has 3 aliphatic rings. The molecule has 0 bridgehead atoms. The Morgan fingerprint density at radius 1 is 1.33 bits per heavy atom. The Morgan fingerprint density at radius 3 is 2.71 bits per heavy atom. The Bertz CT molecular complexity index is 479. The predicted molar refractivity (Wildman–Crippen MR) is 84.6 cm³/mol. The summed E-state index contributed by atoms with van der Waals surface area (Å²) >= 11 is 3.44. The molecule has 2 heterocycles. The molecule has 2 aliphatic heterocycles. The summed E-state index contributed by atoms with van der Waals surface area (Å²) in [6, 6.07) is -0.347. The Labute approximate surface area is 133 Å². The third-order valence-corrected chi connectivity index (χ3v) is 4.72. The highest BCUT2D eigenvalue weighted by Gasteiger charge is 2.34. The highest BCUT2D eigenvalue weighted by atomic mass is 79.9. The smallest absolute Gasteiger partial charge is 0.103 e. The molecule has 6 nitrogen and oxygen atoms in total. The maximum absolute atomic E-state index is 9.02. The third kappa shape index (κ3) is 3.31. The van der Waals surface area contributed by atoms with Crippen LogP contribution >= 0.6 is 15.9 Å². The van der Waals surface area contributed by atoms with Crippen molar-refractivity contribution < 1.29 is 9.94 Å². The molecule has 1 unspecified atom stereocenters. The van der Waals surface area contributed by atoms with Crippen molar-refractivity contribution in [3.63, 3.8) is 0 Å². The summed E-state index contributed by atoms with van der Waals surface area (Å²) < 4.78 is 6.27. The van der Waals surface area contributed by atoms with Gasteiger partial charge in [0, 0.05) is 48.8 Å². The lowest BCUT2D eigenvalue weighted by atomic mass is 9.93. The van der Waals surface area contributed by atoms with Gasteiger partial charge in [-0.3, -0.25) is 4.90 Å². The minimum absolute atomic E-state index is 0.347. The lowest BCUT2D eigenvalue weighted by molar-refractivity contribution is 0.0124. The van der Waals surface area contributed by atoms with Gasteiger partial charge in [0.1, 0.15) is 5.71 Å². The van der Waals surface area contributed by atoms with E-state index in [9.17, 15) is 0 Å². The molecule has 0 amide bonds. The predicted octanol–water partition coefficient (Wildman–Crippen LogP) is 0.584. The number of morpholine rings is 1. The van der Waals surface area contributed by atoms with Crippen LogP contribution in [0.2, 0.25) is 0 Å². The largest absolute Gasteiger partial charge is 0.411 e. The van der Waals surface area contributed by atoms with Crippen molar-refractivity contribution in [2.45, 2.75) is 6.04 Å². The molecule has 0 aromatic carbocycles. The number of nitrogens with zero attached hydrogens (tertiary/aromatic N) is 3. The van der Waals surface area contributed by atoms with Crippen molar-refractivity contribution in [1.29, 1.82) is 0 Å². The van der Waals surface area contributed by atoms with Crippen LogP contribution in [0.4, 0.5) is 0 Å². The number of halogens is 1. The normalized spacial score (nSPS) is 30.1.